The Balaban J connectivity index is 1.80. The van der Waals surface area contributed by atoms with Gasteiger partial charge in [0.15, 0.2) is 12.6 Å². The minimum atomic E-state index is -1.79. The van der Waals surface area contributed by atoms with E-state index in [4.69, 9.17) is 18.9 Å². The second kappa shape index (κ2) is 40.1. The zero-order valence-electron chi connectivity index (χ0n) is 41.9. The highest BCUT2D eigenvalue weighted by molar-refractivity contribution is 5.76. The predicted octanol–water partition coefficient (Wildman–Crippen LogP) is 7.72. The van der Waals surface area contributed by atoms with Gasteiger partial charge in [-0.2, -0.15) is 0 Å². The smallest absolute Gasteiger partial charge is 0.220 e. The van der Waals surface area contributed by atoms with E-state index in [2.05, 4.69) is 31.3 Å². The number of allylic oxidation sites excluding steroid dienone is 3. The van der Waals surface area contributed by atoms with Gasteiger partial charge in [0.1, 0.15) is 48.8 Å². The third-order valence-electron chi connectivity index (χ3n) is 13.4. The number of aliphatic hydroxyl groups excluding tert-OH is 8. The number of rotatable bonds is 42. The minimum Gasteiger partial charge on any atom is -0.394 e. The van der Waals surface area contributed by atoms with Gasteiger partial charge in [0.05, 0.1) is 32.0 Å². The lowest BCUT2D eigenvalue weighted by atomic mass is 9.97. The first kappa shape index (κ1) is 61.6. The standard InChI is InChI=1S/C53H99NO13/c1-3-5-7-9-11-13-15-17-18-19-20-21-22-23-24-25-26-28-30-32-34-36-42(57)41(54-45(58)37-35-33-31-29-27-16-14-12-10-8-6-4-2)40-64-52-50(63)48(61)51(44(39-56)66-52)67-53-49(62)47(60)46(59)43(38-55)65-53/h12,14,34,36,41-44,46-53,55-57,59-63H,3-11,13,15-33,35,37-40H2,1-2H3,(H,54,58)/b14-12-,36-34+. The molecule has 2 rings (SSSR count). The fourth-order valence-corrected chi connectivity index (χ4v) is 8.93. The number of unbranched alkanes of at least 4 members (excludes halogenated alkanes) is 27. The highest BCUT2D eigenvalue weighted by atomic mass is 16.7. The van der Waals surface area contributed by atoms with E-state index < -0.39 is 86.8 Å². The van der Waals surface area contributed by atoms with E-state index in [0.29, 0.717) is 6.42 Å². The monoisotopic (exact) mass is 958 g/mol. The number of aliphatic hydroxyl groups is 8. The summed E-state index contributed by atoms with van der Waals surface area (Å²) >= 11 is 0. The predicted molar refractivity (Wildman–Crippen MR) is 263 cm³/mol. The Bertz CT molecular complexity index is 1220. The van der Waals surface area contributed by atoms with E-state index in [1.165, 1.54) is 128 Å². The molecule has 0 saturated carbocycles. The van der Waals surface area contributed by atoms with Crippen molar-refractivity contribution in [3.05, 3.63) is 24.3 Å². The molecular weight excluding hydrogens is 859 g/mol. The minimum absolute atomic E-state index is 0.249. The molecule has 2 saturated heterocycles. The molecule has 14 nitrogen and oxygen atoms in total. The van der Waals surface area contributed by atoms with E-state index in [9.17, 15) is 45.6 Å². The first-order valence-electron chi connectivity index (χ1n) is 27.1. The van der Waals surface area contributed by atoms with Crippen LogP contribution >= 0.6 is 0 Å². The van der Waals surface area contributed by atoms with Crippen LogP contribution in [0, 0.1) is 0 Å². The molecule has 67 heavy (non-hydrogen) atoms. The second-order valence-electron chi connectivity index (χ2n) is 19.4. The Morgan fingerprint density at radius 3 is 1.45 bits per heavy atom. The molecular formula is C53H99NO13. The molecule has 0 radical (unpaired) electrons. The summed E-state index contributed by atoms with van der Waals surface area (Å²) in [5.74, 6) is -0.249. The third-order valence-corrected chi connectivity index (χ3v) is 13.4. The van der Waals surface area contributed by atoms with Gasteiger partial charge in [-0.15, -0.1) is 0 Å². The Morgan fingerprint density at radius 2 is 0.940 bits per heavy atom. The van der Waals surface area contributed by atoms with Crippen LogP contribution in [0.4, 0.5) is 0 Å². The van der Waals surface area contributed by atoms with Crippen LogP contribution in [0.2, 0.25) is 0 Å². The van der Waals surface area contributed by atoms with Crippen molar-refractivity contribution in [2.75, 3.05) is 19.8 Å². The summed E-state index contributed by atoms with van der Waals surface area (Å²) < 4.78 is 22.7. The van der Waals surface area contributed by atoms with Crippen LogP contribution in [-0.4, -0.2) is 140 Å². The number of carbonyl (C=O) groups excluding carboxylic acids is 1. The molecule has 2 fully saturated rings. The highest BCUT2D eigenvalue weighted by Crippen LogP contribution is 2.30. The molecule has 9 N–H and O–H groups in total. The molecule has 0 spiro atoms. The lowest BCUT2D eigenvalue weighted by Crippen LogP contribution is -2.65. The summed E-state index contributed by atoms with van der Waals surface area (Å²) in [6.07, 6.45) is 27.9. The molecule has 0 aliphatic carbocycles. The van der Waals surface area contributed by atoms with Crippen molar-refractivity contribution in [3.63, 3.8) is 0 Å². The van der Waals surface area contributed by atoms with Gasteiger partial charge in [-0.25, -0.2) is 0 Å². The van der Waals surface area contributed by atoms with Crippen molar-refractivity contribution >= 4 is 5.91 Å². The van der Waals surface area contributed by atoms with Crippen LogP contribution in [0.25, 0.3) is 0 Å². The molecule has 394 valence electrons. The van der Waals surface area contributed by atoms with Crippen LogP contribution in [0.15, 0.2) is 24.3 Å². The van der Waals surface area contributed by atoms with Crippen LogP contribution in [0.3, 0.4) is 0 Å². The molecule has 0 aromatic carbocycles. The van der Waals surface area contributed by atoms with Gasteiger partial charge in [-0.3, -0.25) is 4.79 Å². The normalized spacial score (nSPS) is 26.7. The summed E-state index contributed by atoms with van der Waals surface area (Å²) in [7, 11) is 0. The van der Waals surface area contributed by atoms with E-state index >= 15 is 0 Å². The molecule has 2 heterocycles. The zero-order valence-corrected chi connectivity index (χ0v) is 41.9. The van der Waals surface area contributed by atoms with Gasteiger partial charge in [0.2, 0.25) is 5.91 Å². The molecule has 0 aromatic heterocycles. The summed E-state index contributed by atoms with van der Waals surface area (Å²) in [6.45, 7) is 2.76. The Kier molecular flexibility index (Phi) is 36.9. The summed E-state index contributed by atoms with van der Waals surface area (Å²) in [5.41, 5.74) is 0. The molecule has 2 aliphatic rings. The number of carbonyl (C=O) groups is 1. The summed E-state index contributed by atoms with van der Waals surface area (Å²) in [5, 5.41) is 86.8. The van der Waals surface area contributed by atoms with Gasteiger partial charge < -0.3 is 65.1 Å². The lowest BCUT2D eigenvalue weighted by molar-refractivity contribution is -0.359. The van der Waals surface area contributed by atoms with Crippen molar-refractivity contribution in [3.8, 4) is 0 Å². The largest absolute Gasteiger partial charge is 0.394 e. The van der Waals surface area contributed by atoms with Gasteiger partial charge >= 0.3 is 0 Å². The van der Waals surface area contributed by atoms with Crippen molar-refractivity contribution in [2.45, 2.75) is 286 Å². The first-order chi connectivity index (χ1) is 32.6. The fraction of sp³-hybridized carbons (Fsp3) is 0.906. The second-order valence-corrected chi connectivity index (χ2v) is 19.4. The SMILES string of the molecule is CCCCC/C=C\CCCCCCCC(=O)NC(COC1OC(CO)C(OC2OC(CO)C(O)C(O)C2O)C(O)C1O)C(O)/C=C/CCCCCCCCCCCCCCCCCCCCC. The molecule has 1 amide bonds. The number of hydrogen-bond donors (Lipinski definition) is 9. The van der Waals surface area contributed by atoms with Crippen LogP contribution in [-0.2, 0) is 23.7 Å². The van der Waals surface area contributed by atoms with Crippen molar-refractivity contribution in [1.29, 1.82) is 0 Å². The van der Waals surface area contributed by atoms with E-state index in [-0.39, 0.29) is 18.9 Å². The fourth-order valence-electron chi connectivity index (χ4n) is 8.93. The van der Waals surface area contributed by atoms with Crippen molar-refractivity contribution in [1.82, 2.24) is 5.32 Å². The Hall–Kier alpha value is -1.53. The van der Waals surface area contributed by atoms with Gasteiger partial charge in [-0.05, 0) is 44.9 Å². The first-order valence-corrected chi connectivity index (χ1v) is 27.1. The third kappa shape index (κ3) is 27.0. The topological polar surface area (TPSA) is 228 Å². The number of ether oxygens (including phenoxy) is 4. The Morgan fingerprint density at radius 1 is 0.522 bits per heavy atom. The maximum Gasteiger partial charge on any atom is 0.220 e. The maximum absolute atomic E-state index is 13.2. The molecule has 0 bridgehead atoms. The van der Waals surface area contributed by atoms with Crippen LogP contribution < -0.4 is 5.32 Å². The Labute approximate surface area is 405 Å². The van der Waals surface area contributed by atoms with Crippen molar-refractivity contribution in [2.24, 2.45) is 0 Å². The molecule has 14 heteroatoms. The molecule has 0 aromatic rings. The number of nitrogens with one attached hydrogen (secondary N) is 1. The zero-order chi connectivity index (χ0) is 48.9. The van der Waals surface area contributed by atoms with Crippen LogP contribution in [0.5, 0.6) is 0 Å². The average Bonchev–Trinajstić information content (AvgIpc) is 3.32. The molecule has 12 unspecified atom stereocenters. The van der Waals surface area contributed by atoms with E-state index in [1.807, 2.05) is 6.08 Å². The molecule has 2 aliphatic heterocycles. The van der Waals surface area contributed by atoms with E-state index in [0.717, 1.165) is 57.8 Å². The summed E-state index contributed by atoms with van der Waals surface area (Å²) in [6, 6.07) is -0.915. The quantitative estimate of drug-likeness (QED) is 0.0211. The lowest BCUT2D eigenvalue weighted by Gasteiger charge is -2.46. The maximum atomic E-state index is 13.2. The average molecular weight is 958 g/mol. The van der Waals surface area contributed by atoms with Crippen molar-refractivity contribution < 1.29 is 64.6 Å². The highest BCUT2D eigenvalue weighted by Gasteiger charge is 2.51. The number of amides is 1. The van der Waals surface area contributed by atoms with Crippen LogP contribution in [0.1, 0.15) is 213 Å². The van der Waals surface area contributed by atoms with Gasteiger partial charge in [0.25, 0.3) is 0 Å². The molecule has 12 atom stereocenters. The van der Waals surface area contributed by atoms with Gasteiger partial charge in [0, 0.05) is 6.42 Å². The summed E-state index contributed by atoms with van der Waals surface area (Å²) in [4.78, 5) is 13.2. The van der Waals surface area contributed by atoms with E-state index in [1.54, 1.807) is 6.08 Å². The number of hydrogen-bond acceptors (Lipinski definition) is 13. The van der Waals surface area contributed by atoms with Gasteiger partial charge in [-0.1, -0.05) is 186 Å².